The highest BCUT2D eigenvalue weighted by Crippen LogP contribution is 2.24. The lowest BCUT2D eigenvalue weighted by molar-refractivity contribution is -0.126. The molecule has 206 valence electrons. The van der Waals surface area contributed by atoms with E-state index in [0.29, 0.717) is 9.21 Å². The van der Waals surface area contributed by atoms with Gasteiger partial charge in [-0.25, -0.2) is 13.2 Å². The van der Waals surface area contributed by atoms with E-state index in [-0.39, 0.29) is 36.6 Å². The molecule has 3 heterocycles. The van der Waals surface area contributed by atoms with Crippen LogP contribution in [0.25, 0.3) is 5.69 Å². The predicted octanol–water partition coefficient (Wildman–Crippen LogP) is 2.74. The van der Waals surface area contributed by atoms with Crippen LogP contribution in [0.3, 0.4) is 0 Å². The third kappa shape index (κ3) is 7.25. The highest BCUT2D eigenvalue weighted by atomic mass is 35.5. The number of rotatable bonds is 9. The first-order valence-electron chi connectivity index (χ1n) is 11.7. The normalized spacial score (nSPS) is 17.3. The van der Waals surface area contributed by atoms with E-state index in [2.05, 4.69) is 16.0 Å². The Kier molecular flexibility index (Phi) is 9.04. The van der Waals surface area contributed by atoms with E-state index in [1.54, 1.807) is 23.1 Å². The molecule has 1 aliphatic heterocycles. The Morgan fingerprint density at radius 1 is 1.10 bits per heavy atom. The van der Waals surface area contributed by atoms with E-state index in [1.165, 1.54) is 35.0 Å². The van der Waals surface area contributed by atoms with Crippen LogP contribution >= 0.6 is 22.9 Å². The molecule has 1 fully saturated rings. The SMILES string of the molecule is O=C(CN1C[C@H](NC(=O)c2ccc(Cl)s2)[C@@H](C(=O)NCC(F)F)C1)Nc1ccc(-n2ccccc2=O)cc1F. The van der Waals surface area contributed by atoms with Crippen LogP contribution < -0.4 is 21.5 Å². The zero-order valence-corrected chi connectivity index (χ0v) is 21.8. The lowest BCUT2D eigenvalue weighted by Gasteiger charge is -2.19. The maximum atomic E-state index is 14.7. The van der Waals surface area contributed by atoms with Crippen LogP contribution in [0.1, 0.15) is 9.67 Å². The first-order valence-corrected chi connectivity index (χ1v) is 12.9. The maximum Gasteiger partial charge on any atom is 0.261 e. The molecule has 3 N–H and O–H groups in total. The minimum absolute atomic E-state index is 0.00300. The summed E-state index contributed by atoms with van der Waals surface area (Å²) in [6, 6.07) is 10.7. The van der Waals surface area contributed by atoms with Crippen molar-refractivity contribution in [3.8, 4) is 5.69 Å². The summed E-state index contributed by atoms with van der Waals surface area (Å²) < 4.78 is 41.6. The van der Waals surface area contributed by atoms with Gasteiger partial charge in [0.25, 0.3) is 17.9 Å². The zero-order valence-electron chi connectivity index (χ0n) is 20.2. The first-order chi connectivity index (χ1) is 18.6. The van der Waals surface area contributed by atoms with Crippen molar-refractivity contribution in [1.82, 2.24) is 20.1 Å². The lowest BCUT2D eigenvalue weighted by Crippen LogP contribution is -2.46. The molecule has 0 unspecified atom stereocenters. The van der Waals surface area contributed by atoms with Gasteiger partial charge in [0, 0.05) is 31.4 Å². The van der Waals surface area contributed by atoms with Crippen molar-refractivity contribution >= 4 is 46.3 Å². The second-order valence-corrected chi connectivity index (χ2v) is 10.5. The third-order valence-electron chi connectivity index (χ3n) is 5.97. The summed E-state index contributed by atoms with van der Waals surface area (Å²) in [4.78, 5) is 51.8. The van der Waals surface area contributed by atoms with E-state index in [9.17, 15) is 32.3 Å². The minimum atomic E-state index is -2.75. The summed E-state index contributed by atoms with van der Waals surface area (Å²) in [7, 11) is 0. The fourth-order valence-corrected chi connectivity index (χ4v) is 5.15. The van der Waals surface area contributed by atoms with E-state index < -0.39 is 48.5 Å². The Bertz CT molecular complexity index is 1430. The average molecular weight is 582 g/mol. The molecule has 9 nitrogen and oxygen atoms in total. The number of alkyl halides is 2. The summed E-state index contributed by atoms with van der Waals surface area (Å²) in [5.74, 6) is -3.44. The summed E-state index contributed by atoms with van der Waals surface area (Å²) in [5, 5.41) is 7.33. The van der Waals surface area contributed by atoms with Gasteiger partial charge in [0.1, 0.15) is 5.82 Å². The van der Waals surface area contributed by atoms with Gasteiger partial charge >= 0.3 is 0 Å². The van der Waals surface area contributed by atoms with Crippen LogP contribution in [0.5, 0.6) is 0 Å². The summed E-state index contributed by atoms with van der Waals surface area (Å²) in [6.07, 6.45) is -1.26. The Balaban J connectivity index is 1.42. The number of hydrogen-bond acceptors (Lipinski definition) is 6. The number of anilines is 1. The number of pyridine rings is 1. The summed E-state index contributed by atoms with van der Waals surface area (Å²) in [6.45, 7) is -1.03. The third-order valence-corrected chi connectivity index (χ3v) is 7.20. The van der Waals surface area contributed by atoms with Gasteiger partial charge in [-0.15, -0.1) is 11.3 Å². The molecular formula is C25H23ClF3N5O4S. The number of carbonyl (C=O) groups excluding carboxylic acids is 3. The molecule has 0 saturated carbocycles. The molecule has 3 aromatic rings. The molecule has 1 saturated heterocycles. The van der Waals surface area contributed by atoms with Gasteiger partial charge in [-0.2, -0.15) is 0 Å². The maximum absolute atomic E-state index is 14.7. The standard InChI is InChI=1S/C25H23ClF3N5O4S/c26-20-7-6-19(39-20)25(38)32-18-12-33(11-15(18)24(37)30-10-21(28)29)13-22(35)31-17-5-4-14(9-16(17)27)34-8-2-1-3-23(34)36/h1-9,15,18,21H,10-13H2,(H,30,37)(H,31,35)(H,32,38)/t15-,18-/m0/s1. The Morgan fingerprint density at radius 3 is 2.56 bits per heavy atom. The van der Waals surface area contributed by atoms with Gasteiger partial charge in [0.2, 0.25) is 11.8 Å². The molecule has 2 aromatic heterocycles. The molecule has 4 rings (SSSR count). The van der Waals surface area contributed by atoms with E-state index >= 15 is 0 Å². The van der Waals surface area contributed by atoms with Crippen molar-refractivity contribution in [2.75, 3.05) is 31.5 Å². The molecule has 39 heavy (non-hydrogen) atoms. The smallest absolute Gasteiger partial charge is 0.261 e. The Labute approximate surface area is 229 Å². The van der Waals surface area contributed by atoms with E-state index in [1.807, 2.05) is 0 Å². The predicted molar refractivity (Wildman–Crippen MR) is 140 cm³/mol. The number of aromatic nitrogens is 1. The topological polar surface area (TPSA) is 113 Å². The monoisotopic (exact) mass is 581 g/mol. The molecule has 0 spiro atoms. The number of amides is 3. The Morgan fingerprint density at radius 2 is 1.90 bits per heavy atom. The molecule has 3 amide bonds. The summed E-state index contributed by atoms with van der Waals surface area (Å²) >= 11 is 6.92. The van der Waals surface area contributed by atoms with Crippen LogP contribution in [-0.2, 0) is 9.59 Å². The van der Waals surface area contributed by atoms with Crippen LogP contribution in [0.2, 0.25) is 4.34 Å². The zero-order chi connectivity index (χ0) is 28.1. The van der Waals surface area contributed by atoms with Gasteiger partial charge < -0.3 is 16.0 Å². The molecule has 1 aliphatic rings. The minimum Gasteiger partial charge on any atom is -0.350 e. The van der Waals surface area contributed by atoms with Gasteiger partial charge in [-0.1, -0.05) is 17.7 Å². The van der Waals surface area contributed by atoms with Crippen LogP contribution in [0.4, 0.5) is 18.9 Å². The van der Waals surface area contributed by atoms with Crippen LogP contribution in [0.15, 0.2) is 59.5 Å². The highest BCUT2D eigenvalue weighted by Gasteiger charge is 2.39. The number of benzene rings is 1. The molecule has 0 aliphatic carbocycles. The van der Waals surface area contributed by atoms with Crippen molar-refractivity contribution < 1.29 is 27.6 Å². The van der Waals surface area contributed by atoms with Crippen LogP contribution in [0, 0.1) is 11.7 Å². The average Bonchev–Trinajstić information content (AvgIpc) is 3.50. The van der Waals surface area contributed by atoms with Crippen LogP contribution in [-0.4, -0.2) is 65.8 Å². The number of hydrogen-bond donors (Lipinski definition) is 3. The quantitative estimate of drug-likeness (QED) is 0.360. The van der Waals surface area contributed by atoms with Crippen molar-refractivity contribution in [3.63, 3.8) is 0 Å². The second kappa shape index (κ2) is 12.5. The molecular weight excluding hydrogens is 559 g/mol. The number of carbonyl (C=O) groups is 3. The summed E-state index contributed by atoms with van der Waals surface area (Å²) in [5.41, 5.74) is -0.185. The van der Waals surface area contributed by atoms with Gasteiger partial charge in [-0.3, -0.25) is 28.6 Å². The van der Waals surface area contributed by atoms with Gasteiger partial charge in [-0.05, 0) is 30.3 Å². The Hall–Kier alpha value is -3.68. The number of nitrogens with zero attached hydrogens (tertiary/aromatic N) is 2. The number of halogens is 4. The van der Waals surface area contributed by atoms with Gasteiger partial charge in [0.05, 0.1) is 45.6 Å². The van der Waals surface area contributed by atoms with Crippen molar-refractivity contribution in [2.45, 2.75) is 12.5 Å². The number of thiophene rings is 1. The molecule has 2 atom stereocenters. The molecule has 0 radical (unpaired) electrons. The van der Waals surface area contributed by atoms with E-state index in [0.717, 1.165) is 17.4 Å². The second-order valence-electron chi connectivity index (χ2n) is 8.74. The largest absolute Gasteiger partial charge is 0.350 e. The molecule has 0 bridgehead atoms. The number of likely N-dealkylation sites (tertiary alicyclic amines) is 1. The highest BCUT2D eigenvalue weighted by molar-refractivity contribution is 7.18. The van der Waals surface area contributed by atoms with Crippen molar-refractivity contribution in [2.24, 2.45) is 5.92 Å². The van der Waals surface area contributed by atoms with Crippen molar-refractivity contribution in [3.05, 3.63) is 80.1 Å². The van der Waals surface area contributed by atoms with Gasteiger partial charge in [0.15, 0.2) is 0 Å². The first kappa shape index (κ1) is 28.3. The van der Waals surface area contributed by atoms with Crippen molar-refractivity contribution in [1.29, 1.82) is 0 Å². The molecule has 1 aromatic carbocycles. The fraction of sp³-hybridized carbons (Fsp3) is 0.280. The number of nitrogens with one attached hydrogen (secondary N) is 3. The molecule has 14 heteroatoms. The lowest BCUT2D eigenvalue weighted by atomic mass is 10.0. The fourth-order valence-electron chi connectivity index (χ4n) is 4.20. The van der Waals surface area contributed by atoms with E-state index in [4.69, 9.17) is 11.6 Å².